The minimum Gasteiger partial charge on any atom is -0.450 e. The lowest BCUT2D eigenvalue weighted by atomic mass is 10.0. The van der Waals surface area contributed by atoms with E-state index in [9.17, 15) is 9.59 Å². The van der Waals surface area contributed by atoms with E-state index in [0.29, 0.717) is 36.3 Å². The fraction of sp³-hybridized carbons (Fsp3) is 0.552. The van der Waals surface area contributed by atoms with Gasteiger partial charge in [-0.15, -0.1) is 0 Å². The normalized spacial score (nSPS) is 18.4. The number of urea groups is 1. The number of ether oxygens (including phenoxy) is 1. The van der Waals surface area contributed by atoms with Crippen LogP contribution in [0.3, 0.4) is 0 Å². The molecule has 41 heavy (non-hydrogen) atoms. The van der Waals surface area contributed by atoms with E-state index in [4.69, 9.17) is 14.3 Å². The molecule has 1 aromatic carbocycles. The van der Waals surface area contributed by atoms with Gasteiger partial charge >= 0.3 is 12.1 Å². The van der Waals surface area contributed by atoms with Crippen LogP contribution in [0.25, 0.3) is 0 Å². The van der Waals surface area contributed by atoms with Crippen LogP contribution in [0.15, 0.2) is 24.3 Å². The summed E-state index contributed by atoms with van der Waals surface area (Å²) in [5.74, 6) is 0.471. The third-order valence-corrected chi connectivity index (χ3v) is 7.98. The van der Waals surface area contributed by atoms with E-state index in [0.717, 1.165) is 41.6 Å². The Labute approximate surface area is 247 Å². The first-order valence-electron chi connectivity index (χ1n) is 14.0. The van der Waals surface area contributed by atoms with Crippen molar-refractivity contribution < 1.29 is 23.9 Å². The average Bonchev–Trinajstić information content (AvgIpc) is 3.38. The summed E-state index contributed by atoms with van der Waals surface area (Å²) in [6.07, 6.45) is 4.49. The number of hydrogen-bond donors (Lipinski definition) is 2. The fourth-order valence-electron chi connectivity index (χ4n) is 4.75. The highest BCUT2D eigenvalue weighted by atomic mass is 32.1. The van der Waals surface area contributed by atoms with Crippen molar-refractivity contribution in [2.45, 2.75) is 65.5 Å². The third-order valence-electron chi connectivity index (χ3n) is 6.81. The first kappa shape index (κ1) is 33.5. The molecule has 1 aliphatic carbocycles. The molecule has 1 aromatic heterocycles. The molecule has 2 aliphatic heterocycles. The lowest BCUT2D eigenvalue weighted by molar-refractivity contribution is -0.0987. The number of likely N-dealkylation sites (tertiary alicyclic amines) is 1. The Morgan fingerprint density at radius 2 is 1.71 bits per heavy atom. The summed E-state index contributed by atoms with van der Waals surface area (Å²) in [4.78, 5) is 51.2. The van der Waals surface area contributed by atoms with Crippen LogP contribution in [0.4, 0.5) is 31.1 Å². The van der Waals surface area contributed by atoms with Crippen molar-refractivity contribution in [3.8, 4) is 0 Å². The van der Waals surface area contributed by atoms with Crippen molar-refractivity contribution in [1.82, 2.24) is 9.88 Å². The zero-order valence-corrected chi connectivity index (χ0v) is 25.7. The van der Waals surface area contributed by atoms with Crippen LogP contribution in [-0.2, 0) is 14.3 Å². The smallest absolute Gasteiger partial charge is 0.409 e. The zero-order valence-electron chi connectivity index (χ0n) is 24.9. The maximum absolute atomic E-state index is 12.8. The van der Waals surface area contributed by atoms with E-state index >= 15 is 0 Å². The molecule has 3 fully saturated rings. The molecular weight excluding hydrogens is 544 g/mol. The minimum atomic E-state index is -0.221. The summed E-state index contributed by atoms with van der Waals surface area (Å²) in [7, 11) is 1.74. The Morgan fingerprint density at radius 3 is 2.29 bits per heavy atom. The molecule has 5 rings (SSSR count). The molecule has 226 valence electrons. The maximum Gasteiger partial charge on any atom is 0.409 e. The zero-order chi connectivity index (χ0) is 30.5. The molecule has 2 N–H and O–H groups in total. The minimum absolute atomic E-state index is 0.218. The van der Waals surface area contributed by atoms with Crippen LogP contribution in [-0.4, -0.2) is 81.0 Å². The first-order valence-corrected chi connectivity index (χ1v) is 14.8. The van der Waals surface area contributed by atoms with Gasteiger partial charge in [0.1, 0.15) is 18.6 Å². The van der Waals surface area contributed by atoms with Crippen LogP contribution < -0.4 is 20.4 Å². The molecule has 12 heteroatoms. The van der Waals surface area contributed by atoms with E-state index in [1.807, 2.05) is 56.6 Å². The van der Waals surface area contributed by atoms with E-state index in [2.05, 4.69) is 34.4 Å². The number of anilines is 4. The van der Waals surface area contributed by atoms with Gasteiger partial charge in [0.15, 0.2) is 5.13 Å². The van der Waals surface area contributed by atoms with Crippen molar-refractivity contribution in [2.24, 2.45) is 5.92 Å². The molecule has 2 aromatic rings. The Kier molecular flexibility index (Phi) is 13.5. The quantitative estimate of drug-likeness (QED) is 0.459. The summed E-state index contributed by atoms with van der Waals surface area (Å²) in [5.41, 5.74) is 2.77. The van der Waals surface area contributed by atoms with Crippen molar-refractivity contribution in [3.63, 3.8) is 0 Å². The highest BCUT2D eigenvalue weighted by Crippen LogP contribution is 2.36. The number of aromatic nitrogens is 1. The predicted molar refractivity (Wildman–Crippen MR) is 165 cm³/mol. The van der Waals surface area contributed by atoms with Crippen molar-refractivity contribution in [3.05, 3.63) is 30.0 Å². The van der Waals surface area contributed by atoms with Gasteiger partial charge in [-0.2, -0.15) is 0 Å². The van der Waals surface area contributed by atoms with Crippen molar-refractivity contribution >= 4 is 58.5 Å². The number of benzene rings is 1. The number of amides is 3. The number of nitrogens with one attached hydrogen (secondary N) is 2. The number of aryl methyl sites for hydroxylation is 1. The topological polar surface area (TPSA) is 124 Å². The number of nitrogens with zero attached hydrogens (tertiary/aromatic N) is 4. The van der Waals surface area contributed by atoms with Crippen LogP contribution >= 0.6 is 11.3 Å². The van der Waals surface area contributed by atoms with Gasteiger partial charge in [0.25, 0.3) is 0 Å². The molecular formula is C29H44N6O5S. The summed E-state index contributed by atoms with van der Waals surface area (Å²) in [6.45, 7) is 14.9. The number of carbonyl (C=O) groups is 4. The molecule has 3 heterocycles. The van der Waals surface area contributed by atoms with E-state index < -0.39 is 0 Å². The predicted octanol–water partition coefficient (Wildman–Crippen LogP) is 5.41. The second-order valence-corrected chi connectivity index (χ2v) is 11.0. The largest absolute Gasteiger partial charge is 0.450 e. The number of thiazole rings is 1. The van der Waals surface area contributed by atoms with Crippen LogP contribution in [0, 0.1) is 12.8 Å². The van der Waals surface area contributed by atoms with Gasteiger partial charge < -0.3 is 34.8 Å². The third kappa shape index (κ3) is 8.91. The number of fused-ring (bicyclic) bond motifs is 1. The van der Waals surface area contributed by atoms with Gasteiger partial charge in [-0.25, -0.2) is 14.6 Å². The van der Waals surface area contributed by atoms with Gasteiger partial charge in [0, 0.05) is 50.0 Å². The lowest BCUT2D eigenvalue weighted by Crippen LogP contribution is -2.37. The molecule has 11 nitrogen and oxygen atoms in total. The van der Waals surface area contributed by atoms with Gasteiger partial charge in [0.2, 0.25) is 0 Å². The fourth-order valence-corrected chi connectivity index (χ4v) is 5.75. The molecule has 2 unspecified atom stereocenters. The number of rotatable bonds is 6. The van der Waals surface area contributed by atoms with Crippen LogP contribution in [0.5, 0.6) is 0 Å². The van der Waals surface area contributed by atoms with E-state index in [1.54, 1.807) is 11.9 Å². The van der Waals surface area contributed by atoms with Gasteiger partial charge in [-0.3, -0.25) is 4.90 Å². The van der Waals surface area contributed by atoms with Crippen molar-refractivity contribution in [1.29, 1.82) is 0 Å². The van der Waals surface area contributed by atoms with Crippen LogP contribution in [0.1, 0.15) is 52.1 Å². The molecule has 0 bridgehead atoms. The number of carbonyl (C=O) groups excluding carboxylic acids is 4. The van der Waals surface area contributed by atoms with Gasteiger partial charge in [0.05, 0.1) is 18.3 Å². The SMILES string of the molecule is C=O.C=O.CCC.CCOC(=O)N1CC2CCN(c3ccc(NC(=O)N(C)c4nc(C)c(NC5CC5)s4)cc3)C2C1. The van der Waals surface area contributed by atoms with E-state index in [-0.39, 0.29) is 12.1 Å². The lowest BCUT2D eigenvalue weighted by Gasteiger charge is -2.27. The highest BCUT2D eigenvalue weighted by Gasteiger charge is 2.43. The second kappa shape index (κ2) is 16.6. The molecule has 0 radical (unpaired) electrons. The molecule has 2 atom stereocenters. The van der Waals surface area contributed by atoms with E-state index in [1.165, 1.54) is 30.6 Å². The summed E-state index contributed by atoms with van der Waals surface area (Å²) >= 11 is 1.51. The molecule has 2 saturated heterocycles. The summed E-state index contributed by atoms with van der Waals surface area (Å²) in [5, 5.41) is 8.16. The molecule has 3 aliphatic rings. The Morgan fingerprint density at radius 1 is 1.07 bits per heavy atom. The average molecular weight is 589 g/mol. The highest BCUT2D eigenvalue weighted by molar-refractivity contribution is 7.19. The van der Waals surface area contributed by atoms with Crippen molar-refractivity contribution in [2.75, 3.05) is 53.7 Å². The molecule has 3 amide bonds. The summed E-state index contributed by atoms with van der Waals surface area (Å²) < 4.78 is 5.18. The van der Waals surface area contributed by atoms with Gasteiger partial charge in [-0.1, -0.05) is 31.6 Å². The molecule has 0 spiro atoms. The standard InChI is InChI=1S/C24H32N6O3S.C3H8.2CH2O/c1-4-33-24(32)29-13-16-11-12-30(20(16)14-29)19-9-7-18(8-10-19)27-22(31)28(3)23-25-15(2)21(34-23)26-17-5-6-17;1-3-2;2*1-2/h7-10,16-17,20,26H,4-6,11-14H2,1-3H3,(H,27,31);3H2,1-2H3;2*1H2. The summed E-state index contributed by atoms with van der Waals surface area (Å²) in [6, 6.07) is 8.57. The Balaban J connectivity index is 0.000000775. The Hall–Kier alpha value is -3.67. The Bertz CT molecular complexity index is 1110. The molecule has 1 saturated carbocycles. The number of hydrogen-bond acceptors (Lipinski definition) is 9. The van der Waals surface area contributed by atoms with Gasteiger partial charge in [-0.05, 0) is 57.4 Å². The second-order valence-electron chi connectivity index (χ2n) is 9.99. The first-order chi connectivity index (χ1) is 19.8. The van der Waals surface area contributed by atoms with Crippen LogP contribution in [0.2, 0.25) is 0 Å². The maximum atomic E-state index is 12.8. The monoisotopic (exact) mass is 588 g/mol.